The summed E-state index contributed by atoms with van der Waals surface area (Å²) in [4.78, 5) is 2.85. The maximum atomic E-state index is 12.1. The highest BCUT2D eigenvalue weighted by Crippen LogP contribution is 2.24. The second-order valence-corrected chi connectivity index (χ2v) is 7.56. The molecule has 1 aliphatic heterocycles. The first-order chi connectivity index (χ1) is 8.38. The number of rotatable bonds is 3. The molecular formula is C12H17N2O2S2+. The molecule has 0 saturated heterocycles. The minimum Gasteiger partial charge on any atom is -0.197 e. The van der Waals surface area contributed by atoms with E-state index >= 15 is 0 Å². The number of hydrogen-bond donors (Lipinski definition) is 1. The van der Waals surface area contributed by atoms with Gasteiger partial charge in [-0.2, -0.15) is 8.42 Å². The molecule has 0 aliphatic carbocycles. The largest absolute Gasteiger partial charge is 0.307 e. The number of nitrogens with one attached hydrogen (secondary N) is 1. The van der Waals surface area contributed by atoms with Crippen LogP contribution in [0.5, 0.6) is 0 Å². The Kier molecular flexibility index (Phi) is 3.68. The molecule has 4 nitrogen and oxygen atoms in total. The fourth-order valence-corrected chi connectivity index (χ4v) is 3.83. The first-order valence-electron chi connectivity index (χ1n) is 5.78. The van der Waals surface area contributed by atoms with Crippen LogP contribution in [0.4, 0.5) is 0 Å². The van der Waals surface area contributed by atoms with E-state index in [4.69, 9.17) is 0 Å². The lowest BCUT2D eigenvalue weighted by Gasteiger charge is -2.03. The Labute approximate surface area is 112 Å². The number of sulfonamides is 1. The third-order valence-electron chi connectivity index (χ3n) is 2.93. The van der Waals surface area contributed by atoms with Gasteiger partial charge in [-0.15, -0.1) is 0 Å². The van der Waals surface area contributed by atoms with E-state index in [0.717, 1.165) is 5.56 Å². The van der Waals surface area contributed by atoms with Crippen LogP contribution >= 0.6 is 11.9 Å². The van der Waals surface area contributed by atoms with Crippen molar-refractivity contribution in [1.29, 1.82) is 0 Å². The number of hydrazone groups is 1. The molecule has 0 saturated carbocycles. The summed E-state index contributed by atoms with van der Waals surface area (Å²) in [6.07, 6.45) is 1.89. The van der Waals surface area contributed by atoms with Gasteiger partial charge in [0.1, 0.15) is 0 Å². The number of aryl methyl sites for hydroxylation is 1. The van der Waals surface area contributed by atoms with Crippen molar-refractivity contribution in [2.24, 2.45) is 5.92 Å². The SMILES string of the molecule is Cc1ccc(S(=O)(=O)N[N+]2=CC(C)C(C)S2)cc1. The summed E-state index contributed by atoms with van der Waals surface area (Å²) in [5.74, 6) is 0.357. The molecule has 0 spiro atoms. The maximum Gasteiger partial charge on any atom is 0.307 e. The second kappa shape index (κ2) is 4.93. The molecule has 98 valence electrons. The zero-order valence-electron chi connectivity index (χ0n) is 10.6. The molecule has 0 fully saturated rings. The minimum absolute atomic E-state index is 0.286. The van der Waals surface area contributed by atoms with Crippen molar-refractivity contribution in [2.75, 3.05) is 0 Å². The molecule has 0 radical (unpaired) electrons. The lowest BCUT2D eigenvalue weighted by atomic mass is 10.1. The zero-order chi connectivity index (χ0) is 13.3. The molecule has 1 N–H and O–H groups in total. The Hall–Kier alpha value is -1.01. The quantitative estimate of drug-likeness (QED) is 0.682. The highest BCUT2D eigenvalue weighted by molar-refractivity contribution is 7.95. The van der Waals surface area contributed by atoms with Crippen LogP contribution in [0.15, 0.2) is 29.2 Å². The highest BCUT2D eigenvalue weighted by Gasteiger charge is 2.33. The number of hydrogen-bond acceptors (Lipinski definition) is 3. The molecule has 0 bridgehead atoms. The van der Waals surface area contributed by atoms with E-state index in [1.54, 1.807) is 28.4 Å². The molecule has 2 atom stereocenters. The Morgan fingerprint density at radius 3 is 2.33 bits per heavy atom. The number of hydrazine groups is 1. The van der Waals surface area contributed by atoms with Crippen LogP contribution in [-0.4, -0.2) is 24.0 Å². The first kappa shape index (κ1) is 13.4. The van der Waals surface area contributed by atoms with Crippen LogP contribution in [-0.2, 0) is 10.0 Å². The van der Waals surface area contributed by atoms with Gasteiger partial charge >= 0.3 is 10.0 Å². The predicted octanol–water partition coefficient (Wildman–Crippen LogP) is 1.96. The third-order valence-corrected chi connectivity index (χ3v) is 5.58. The molecule has 2 unspecified atom stereocenters. The van der Waals surface area contributed by atoms with Crippen molar-refractivity contribution < 1.29 is 12.5 Å². The van der Waals surface area contributed by atoms with Crippen LogP contribution in [0.25, 0.3) is 0 Å². The van der Waals surface area contributed by atoms with Gasteiger partial charge in [-0.05, 0) is 30.1 Å². The normalized spacial score (nSPS) is 23.8. The average molecular weight is 285 g/mol. The fourth-order valence-electron chi connectivity index (χ4n) is 1.59. The summed E-state index contributed by atoms with van der Waals surface area (Å²) in [7, 11) is -3.48. The van der Waals surface area contributed by atoms with Gasteiger partial charge in [0.25, 0.3) is 0 Å². The minimum atomic E-state index is -3.48. The average Bonchev–Trinajstić information content (AvgIpc) is 2.57. The zero-order valence-corrected chi connectivity index (χ0v) is 12.3. The summed E-state index contributed by atoms with van der Waals surface area (Å²) < 4.78 is 25.8. The lowest BCUT2D eigenvalue weighted by Crippen LogP contribution is -2.30. The molecule has 2 rings (SSSR count). The molecule has 1 aromatic carbocycles. The Morgan fingerprint density at radius 2 is 1.83 bits per heavy atom. The van der Waals surface area contributed by atoms with Crippen LogP contribution in [0.3, 0.4) is 0 Å². The third kappa shape index (κ3) is 2.87. The summed E-state index contributed by atoms with van der Waals surface area (Å²) in [6.45, 7) is 6.07. The van der Waals surface area contributed by atoms with Gasteiger partial charge in [0.2, 0.25) is 0 Å². The summed E-state index contributed by atoms with van der Waals surface area (Å²) in [6, 6.07) is 6.82. The topological polar surface area (TPSA) is 49.2 Å². The van der Waals surface area contributed by atoms with E-state index in [0.29, 0.717) is 11.2 Å². The van der Waals surface area contributed by atoms with Gasteiger partial charge in [0.05, 0.1) is 16.1 Å². The predicted molar refractivity (Wildman–Crippen MR) is 74.0 cm³/mol. The van der Waals surface area contributed by atoms with Crippen molar-refractivity contribution >= 4 is 28.2 Å². The molecule has 1 heterocycles. The van der Waals surface area contributed by atoms with E-state index in [1.165, 1.54) is 11.9 Å². The summed E-state index contributed by atoms with van der Waals surface area (Å²) in [5, 5.41) is 0.380. The molecule has 18 heavy (non-hydrogen) atoms. The van der Waals surface area contributed by atoms with Crippen molar-refractivity contribution in [3.63, 3.8) is 0 Å². The van der Waals surface area contributed by atoms with Gasteiger partial charge in [0.15, 0.2) is 18.2 Å². The molecule has 1 aromatic rings. The summed E-state index contributed by atoms with van der Waals surface area (Å²) >= 11 is 1.49. The molecular weight excluding hydrogens is 268 g/mol. The fraction of sp³-hybridized carbons (Fsp3) is 0.417. The standard InChI is InChI=1S/C12H17N2O2S2/c1-9-4-6-12(7-5-9)18(15,16)13-14-8-10(2)11(3)17-14/h4-8,10-11,13H,1-3H3/q+1. The van der Waals surface area contributed by atoms with Crippen molar-refractivity contribution in [3.05, 3.63) is 29.8 Å². The number of nitrogens with zero attached hydrogens (tertiary/aromatic N) is 1. The van der Waals surface area contributed by atoms with E-state index in [-0.39, 0.29) is 4.90 Å². The Balaban J connectivity index is 2.18. The van der Waals surface area contributed by atoms with Crippen molar-refractivity contribution in [1.82, 2.24) is 4.83 Å². The van der Waals surface area contributed by atoms with Crippen LogP contribution in [0.1, 0.15) is 19.4 Å². The molecule has 0 aromatic heterocycles. The van der Waals surface area contributed by atoms with E-state index < -0.39 is 10.0 Å². The highest BCUT2D eigenvalue weighted by atomic mass is 32.2. The maximum absolute atomic E-state index is 12.1. The van der Waals surface area contributed by atoms with Gasteiger partial charge in [-0.1, -0.05) is 29.5 Å². The Bertz CT molecular complexity index is 564. The van der Waals surface area contributed by atoms with E-state index in [1.807, 2.05) is 13.1 Å². The van der Waals surface area contributed by atoms with Crippen LogP contribution in [0.2, 0.25) is 0 Å². The number of benzene rings is 1. The lowest BCUT2D eigenvalue weighted by molar-refractivity contribution is -0.383. The van der Waals surface area contributed by atoms with E-state index in [9.17, 15) is 8.42 Å². The second-order valence-electron chi connectivity index (χ2n) is 4.55. The monoisotopic (exact) mass is 285 g/mol. The van der Waals surface area contributed by atoms with Crippen molar-refractivity contribution in [2.45, 2.75) is 30.9 Å². The molecule has 1 aliphatic rings. The van der Waals surface area contributed by atoms with E-state index in [2.05, 4.69) is 18.7 Å². The molecule has 0 amide bonds. The van der Waals surface area contributed by atoms with Crippen molar-refractivity contribution in [3.8, 4) is 0 Å². The van der Waals surface area contributed by atoms with Crippen LogP contribution in [0, 0.1) is 12.8 Å². The smallest absolute Gasteiger partial charge is 0.197 e. The Morgan fingerprint density at radius 1 is 1.22 bits per heavy atom. The van der Waals surface area contributed by atoms with Crippen LogP contribution < -0.4 is 4.83 Å². The van der Waals surface area contributed by atoms with Gasteiger partial charge in [-0.25, -0.2) is 0 Å². The first-order valence-corrected chi connectivity index (χ1v) is 8.10. The van der Waals surface area contributed by atoms with Gasteiger partial charge < -0.3 is 0 Å². The molecule has 6 heteroatoms. The van der Waals surface area contributed by atoms with Gasteiger partial charge in [0, 0.05) is 0 Å². The summed E-state index contributed by atoms with van der Waals surface area (Å²) in [5.41, 5.74) is 1.04. The van der Waals surface area contributed by atoms with Gasteiger partial charge in [-0.3, -0.25) is 0 Å².